The van der Waals surface area contributed by atoms with Crippen molar-refractivity contribution in [3.63, 3.8) is 0 Å². The van der Waals surface area contributed by atoms with Gasteiger partial charge in [0.2, 0.25) is 11.8 Å². The number of aryl methyl sites for hydroxylation is 2. The minimum atomic E-state index is -0.507. The van der Waals surface area contributed by atoms with Crippen LogP contribution in [-0.4, -0.2) is 89.7 Å². The molecule has 2 aromatic carbocycles. The number of anilines is 2. The second-order valence-corrected chi connectivity index (χ2v) is 16.2. The lowest BCUT2D eigenvalue weighted by Gasteiger charge is -2.47. The summed E-state index contributed by atoms with van der Waals surface area (Å²) >= 11 is 3.42. The molecule has 4 fully saturated rings. The second-order valence-electron chi connectivity index (χ2n) is 15.4. The molecular weight excluding hydrogens is 729 g/mol. The van der Waals surface area contributed by atoms with Crippen LogP contribution in [0.1, 0.15) is 83.8 Å². The van der Waals surface area contributed by atoms with Crippen LogP contribution in [-0.2, 0) is 16.6 Å². The third-order valence-corrected chi connectivity index (χ3v) is 12.7. The number of imide groups is 1. The first-order valence-electron chi connectivity index (χ1n) is 18.3. The number of hydrogen-bond donors (Lipinski definition) is 2. The Balaban J connectivity index is 0.923. The van der Waals surface area contributed by atoms with E-state index in [9.17, 15) is 19.2 Å². The summed E-state index contributed by atoms with van der Waals surface area (Å²) in [4.78, 5) is 56.4. The number of nitrogens with one attached hydrogen (secondary N) is 2. The summed E-state index contributed by atoms with van der Waals surface area (Å²) < 4.78 is 17.3. The lowest BCUT2D eigenvalue weighted by molar-refractivity contribution is -0.134. The van der Waals surface area contributed by atoms with Crippen LogP contribution in [0.15, 0.2) is 51.9 Å². The number of carbonyl (C=O) groups is 3. The number of likely N-dealkylation sites (tertiary alicyclic amines) is 2. The number of piperidine rings is 4. The van der Waals surface area contributed by atoms with Gasteiger partial charge in [-0.25, -0.2) is 9.07 Å². The van der Waals surface area contributed by atoms with Crippen molar-refractivity contribution in [1.82, 2.24) is 24.9 Å². The fourth-order valence-electron chi connectivity index (χ4n) is 8.77. The van der Waals surface area contributed by atoms with E-state index in [2.05, 4.69) is 60.6 Å². The van der Waals surface area contributed by atoms with Gasteiger partial charge in [-0.2, -0.15) is 5.10 Å². The zero-order valence-corrected chi connectivity index (χ0v) is 31.7. The van der Waals surface area contributed by atoms with Gasteiger partial charge in [0.05, 0.1) is 23.5 Å². The Bertz CT molecular complexity index is 1920. The predicted molar refractivity (Wildman–Crippen MR) is 201 cm³/mol. The molecule has 1 aromatic heterocycles. The van der Waals surface area contributed by atoms with Crippen molar-refractivity contribution >= 4 is 45.0 Å². The van der Waals surface area contributed by atoms with Crippen molar-refractivity contribution in [2.75, 3.05) is 56.5 Å². The van der Waals surface area contributed by atoms with E-state index in [1.807, 2.05) is 30.0 Å². The van der Waals surface area contributed by atoms with E-state index in [0.717, 1.165) is 63.8 Å². The summed E-state index contributed by atoms with van der Waals surface area (Å²) in [6.45, 7) is 6.57. The Morgan fingerprint density at radius 1 is 1.00 bits per heavy atom. The van der Waals surface area contributed by atoms with Crippen LogP contribution in [0.2, 0.25) is 0 Å². The summed E-state index contributed by atoms with van der Waals surface area (Å²) in [7, 11) is 3.73. The molecule has 1 spiro atoms. The van der Waals surface area contributed by atoms with Crippen molar-refractivity contribution in [3.8, 4) is 0 Å². The molecule has 0 saturated carbocycles. The van der Waals surface area contributed by atoms with E-state index in [0.29, 0.717) is 46.5 Å². The molecule has 7 rings (SSSR count). The fourth-order valence-corrected chi connectivity index (χ4v) is 9.25. The zero-order valence-electron chi connectivity index (χ0n) is 30.1. The van der Waals surface area contributed by atoms with Gasteiger partial charge in [0.15, 0.2) is 0 Å². The molecule has 3 aromatic rings. The molecule has 3 atom stereocenters. The van der Waals surface area contributed by atoms with Gasteiger partial charge in [-0.15, -0.1) is 0 Å². The first-order valence-corrected chi connectivity index (χ1v) is 19.1. The van der Waals surface area contributed by atoms with Gasteiger partial charge >= 0.3 is 0 Å². The molecule has 0 aliphatic carbocycles. The van der Waals surface area contributed by atoms with E-state index in [4.69, 9.17) is 0 Å². The van der Waals surface area contributed by atoms with E-state index in [1.54, 1.807) is 13.2 Å². The molecule has 2 N–H and O–H groups in total. The van der Waals surface area contributed by atoms with Gasteiger partial charge < -0.3 is 20.0 Å². The Labute approximate surface area is 312 Å². The normalized spacial score (nSPS) is 23.8. The third-order valence-electron chi connectivity index (χ3n) is 11.9. The van der Waals surface area contributed by atoms with Crippen molar-refractivity contribution in [2.24, 2.45) is 12.5 Å². The average Bonchev–Trinajstić information content (AvgIpc) is 3.13. The monoisotopic (exact) mass is 775 g/mol. The van der Waals surface area contributed by atoms with Gasteiger partial charge in [-0.05, 0) is 121 Å². The molecule has 11 nitrogen and oxygen atoms in total. The Hall–Kier alpha value is -4.10. The smallest absolute Gasteiger partial charge is 0.282 e. The maximum atomic E-state index is 15.5. The van der Waals surface area contributed by atoms with Gasteiger partial charge in [0.1, 0.15) is 10.3 Å². The number of halogens is 2. The predicted octanol–water partition coefficient (Wildman–Crippen LogP) is 4.93. The summed E-state index contributed by atoms with van der Waals surface area (Å²) in [6, 6.07) is 11.6. The quantitative estimate of drug-likeness (QED) is 0.339. The Morgan fingerprint density at radius 3 is 2.38 bits per heavy atom. The highest BCUT2D eigenvalue weighted by Crippen LogP contribution is 2.43. The molecule has 4 aliphatic rings. The van der Waals surface area contributed by atoms with E-state index >= 15 is 4.39 Å². The van der Waals surface area contributed by atoms with Crippen molar-refractivity contribution in [1.29, 1.82) is 0 Å². The van der Waals surface area contributed by atoms with Crippen LogP contribution in [0.25, 0.3) is 0 Å². The lowest BCUT2D eigenvalue weighted by Crippen LogP contribution is -2.48. The first kappa shape index (κ1) is 36.3. The maximum absolute atomic E-state index is 15.5. The fraction of sp³-hybridized carbons (Fsp3) is 0.513. The Morgan fingerprint density at radius 2 is 1.69 bits per heavy atom. The number of hydrogen-bond acceptors (Lipinski definition) is 8. The molecule has 4 saturated heterocycles. The molecule has 3 amide bonds. The van der Waals surface area contributed by atoms with E-state index < -0.39 is 5.92 Å². The SMILES string of the molecule is Cc1cc(N2CCC3(CCN(C(=O)c4ccc([C@H]5C[C@@H](Nc6cnn(C)c(=O)c6Br)CN(C)C5)cc4)CC3)CC2)c(F)cc1C1CCC(=O)NC1=O. The van der Waals surface area contributed by atoms with E-state index in [1.165, 1.54) is 16.3 Å². The van der Waals surface area contributed by atoms with Crippen molar-refractivity contribution < 1.29 is 18.8 Å². The largest absolute Gasteiger partial charge is 0.379 e. The number of carbonyl (C=O) groups excluding carboxylic acids is 3. The maximum Gasteiger partial charge on any atom is 0.282 e. The molecule has 1 unspecified atom stereocenters. The molecule has 52 heavy (non-hydrogen) atoms. The van der Waals surface area contributed by atoms with Gasteiger partial charge in [-0.3, -0.25) is 24.5 Å². The first-order chi connectivity index (χ1) is 24.9. The standard InChI is InChI=1S/C39H47BrFN7O4/c1-24-18-33(31(41)20-30(24)29-8-9-34(49)44-36(29)50)47-14-10-39(11-15-47)12-16-48(17-13-39)37(51)26-6-4-25(5-7-26)27-19-28(23-45(2)22-27)43-32-21-42-46(3)38(52)35(32)40/h4-7,18,20-21,27-29,43H,8-17,19,22-23H2,1-3H3,(H,44,49,50)/t27-,28+,29?/m0/s1. The molecular formula is C39H47BrFN7O4. The minimum absolute atomic E-state index is 0.0656. The van der Waals surface area contributed by atoms with Crippen molar-refractivity contribution in [2.45, 2.75) is 69.7 Å². The van der Waals surface area contributed by atoms with Crippen LogP contribution in [0, 0.1) is 18.2 Å². The summed E-state index contributed by atoms with van der Waals surface area (Å²) in [5, 5.41) is 10.1. The second kappa shape index (κ2) is 14.7. The van der Waals surface area contributed by atoms with Crippen LogP contribution < -0.4 is 21.1 Å². The number of aromatic nitrogens is 2. The van der Waals surface area contributed by atoms with Crippen molar-refractivity contribution in [3.05, 3.63) is 85.5 Å². The minimum Gasteiger partial charge on any atom is -0.379 e. The molecule has 0 radical (unpaired) electrons. The molecule has 5 heterocycles. The topological polar surface area (TPSA) is 120 Å². The number of likely N-dealkylation sites (N-methyl/N-ethyl adjacent to an activating group) is 1. The molecule has 4 aliphatic heterocycles. The summed E-state index contributed by atoms with van der Waals surface area (Å²) in [5.41, 5.74) is 4.64. The highest BCUT2D eigenvalue weighted by atomic mass is 79.9. The summed E-state index contributed by atoms with van der Waals surface area (Å²) in [5.74, 6) is -1.12. The molecule has 13 heteroatoms. The third kappa shape index (κ3) is 7.39. The van der Waals surface area contributed by atoms with E-state index in [-0.39, 0.29) is 52.9 Å². The highest BCUT2D eigenvalue weighted by Gasteiger charge is 2.39. The van der Waals surface area contributed by atoms with Crippen LogP contribution in [0.3, 0.4) is 0 Å². The van der Waals surface area contributed by atoms with Crippen LogP contribution >= 0.6 is 15.9 Å². The summed E-state index contributed by atoms with van der Waals surface area (Å²) in [6.07, 6.45) is 6.98. The Kier molecular flexibility index (Phi) is 10.3. The molecule has 276 valence electrons. The van der Waals surface area contributed by atoms with Gasteiger partial charge in [0.25, 0.3) is 11.5 Å². The van der Waals surface area contributed by atoms with Gasteiger partial charge in [0, 0.05) is 64.3 Å². The highest BCUT2D eigenvalue weighted by molar-refractivity contribution is 9.10. The number of benzene rings is 2. The van der Waals surface area contributed by atoms with Gasteiger partial charge in [-0.1, -0.05) is 12.1 Å². The number of amides is 3. The average molecular weight is 777 g/mol. The zero-order chi connectivity index (χ0) is 36.7. The molecule has 0 bridgehead atoms. The number of rotatable bonds is 6. The van der Waals surface area contributed by atoms with Crippen LogP contribution in [0.5, 0.6) is 0 Å². The lowest BCUT2D eigenvalue weighted by atomic mass is 9.71. The van der Waals surface area contributed by atoms with Crippen LogP contribution in [0.4, 0.5) is 15.8 Å². The number of nitrogens with zero attached hydrogens (tertiary/aromatic N) is 5.